The SMILES string of the molecule is CC1(C)CCC(CN2CCc3sccc3C2)C1O. The predicted molar refractivity (Wildman–Crippen MR) is 75.8 cm³/mol. The van der Waals surface area contributed by atoms with Crippen LogP contribution in [-0.2, 0) is 13.0 Å². The molecule has 100 valence electrons. The Kier molecular flexibility index (Phi) is 3.25. The minimum atomic E-state index is -0.124. The molecule has 1 N–H and O–H groups in total. The highest BCUT2D eigenvalue weighted by Crippen LogP contribution is 2.41. The molecule has 3 rings (SSSR count). The van der Waals surface area contributed by atoms with Crippen LogP contribution in [0.4, 0.5) is 0 Å². The number of hydrogen-bond donors (Lipinski definition) is 1. The van der Waals surface area contributed by atoms with Crippen LogP contribution in [0.2, 0.25) is 0 Å². The summed E-state index contributed by atoms with van der Waals surface area (Å²) >= 11 is 1.89. The molecular formula is C15H23NOS. The van der Waals surface area contributed by atoms with E-state index in [0.29, 0.717) is 5.92 Å². The number of nitrogens with zero attached hydrogens (tertiary/aromatic N) is 1. The molecule has 1 aliphatic carbocycles. The van der Waals surface area contributed by atoms with Crippen molar-refractivity contribution in [3.05, 3.63) is 21.9 Å². The van der Waals surface area contributed by atoms with Crippen molar-refractivity contribution < 1.29 is 5.11 Å². The third kappa shape index (κ3) is 2.24. The summed E-state index contributed by atoms with van der Waals surface area (Å²) in [6, 6.07) is 2.27. The van der Waals surface area contributed by atoms with Crippen LogP contribution in [0, 0.1) is 11.3 Å². The molecule has 1 aromatic heterocycles. The molecule has 2 atom stereocenters. The Balaban J connectivity index is 1.62. The molecule has 0 bridgehead atoms. The first kappa shape index (κ1) is 12.6. The van der Waals surface area contributed by atoms with Gasteiger partial charge in [-0.15, -0.1) is 11.3 Å². The van der Waals surface area contributed by atoms with Crippen molar-refractivity contribution in [2.75, 3.05) is 13.1 Å². The summed E-state index contributed by atoms with van der Waals surface area (Å²) in [5.41, 5.74) is 1.63. The predicted octanol–water partition coefficient (Wildman–Crippen LogP) is 2.90. The molecular weight excluding hydrogens is 242 g/mol. The Labute approximate surface area is 114 Å². The second-order valence-electron chi connectivity index (χ2n) is 6.59. The first-order chi connectivity index (χ1) is 8.56. The highest BCUT2D eigenvalue weighted by Gasteiger charge is 2.41. The van der Waals surface area contributed by atoms with Crippen molar-refractivity contribution in [2.45, 2.75) is 45.8 Å². The molecule has 0 radical (unpaired) electrons. The molecule has 3 heteroatoms. The summed E-state index contributed by atoms with van der Waals surface area (Å²) in [5, 5.41) is 12.6. The van der Waals surface area contributed by atoms with Crippen LogP contribution in [0.5, 0.6) is 0 Å². The minimum Gasteiger partial charge on any atom is -0.392 e. The van der Waals surface area contributed by atoms with Gasteiger partial charge < -0.3 is 5.11 Å². The molecule has 2 aliphatic rings. The Bertz CT molecular complexity index is 426. The van der Waals surface area contributed by atoms with E-state index in [1.165, 1.54) is 18.4 Å². The van der Waals surface area contributed by atoms with E-state index in [0.717, 1.165) is 26.1 Å². The maximum absolute atomic E-state index is 10.4. The maximum atomic E-state index is 10.4. The smallest absolute Gasteiger partial charge is 0.0631 e. The summed E-state index contributed by atoms with van der Waals surface area (Å²) in [7, 11) is 0. The van der Waals surface area contributed by atoms with Gasteiger partial charge in [0.15, 0.2) is 0 Å². The second-order valence-corrected chi connectivity index (χ2v) is 7.59. The number of rotatable bonds is 2. The van der Waals surface area contributed by atoms with E-state index < -0.39 is 0 Å². The van der Waals surface area contributed by atoms with E-state index in [2.05, 4.69) is 30.2 Å². The van der Waals surface area contributed by atoms with Crippen LogP contribution in [0.1, 0.15) is 37.1 Å². The van der Waals surface area contributed by atoms with Crippen molar-refractivity contribution in [1.29, 1.82) is 0 Å². The van der Waals surface area contributed by atoms with Gasteiger partial charge in [-0.2, -0.15) is 0 Å². The van der Waals surface area contributed by atoms with E-state index in [4.69, 9.17) is 0 Å². The van der Waals surface area contributed by atoms with Gasteiger partial charge in [-0.3, -0.25) is 4.90 Å². The van der Waals surface area contributed by atoms with Gasteiger partial charge in [0.1, 0.15) is 0 Å². The lowest BCUT2D eigenvalue weighted by Gasteiger charge is -2.32. The van der Waals surface area contributed by atoms with Crippen molar-refractivity contribution in [2.24, 2.45) is 11.3 Å². The van der Waals surface area contributed by atoms with Crippen LogP contribution in [-0.4, -0.2) is 29.2 Å². The lowest BCUT2D eigenvalue weighted by molar-refractivity contribution is 0.0309. The van der Waals surface area contributed by atoms with Gasteiger partial charge in [0.2, 0.25) is 0 Å². The molecule has 0 aromatic carbocycles. The first-order valence-electron chi connectivity index (χ1n) is 7.02. The molecule has 18 heavy (non-hydrogen) atoms. The fraction of sp³-hybridized carbons (Fsp3) is 0.733. The molecule has 0 spiro atoms. The standard InChI is InChI=1S/C15H23NOS/c1-15(2)6-3-12(14(15)17)10-16-7-4-13-11(9-16)5-8-18-13/h5,8,12,14,17H,3-4,6-7,9-10H2,1-2H3. The van der Waals surface area contributed by atoms with Crippen molar-refractivity contribution in [1.82, 2.24) is 4.90 Å². The van der Waals surface area contributed by atoms with E-state index >= 15 is 0 Å². The van der Waals surface area contributed by atoms with Gasteiger partial charge in [-0.1, -0.05) is 13.8 Å². The number of fused-ring (bicyclic) bond motifs is 1. The minimum absolute atomic E-state index is 0.119. The third-order valence-corrected chi connectivity index (χ3v) is 5.81. The topological polar surface area (TPSA) is 23.5 Å². The van der Waals surface area contributed by atoms with Crippen LogP contribution in [0.3, 0.4) is 0 Å². The number of aliphatic hydroxyl groups excluding tert-OH is 1. The number of thiophene rings is 1. The van der Waals surface area contributed by atoms with Crippen LogP contribution >= 0.6 is 11.3 Å². The molecule has 1 saturated carbocycles. The third-order valence-electron chi connectivity index (χ3n) is 4.79. The van der Waals surface area contributed by atoms with Gasteiger partial charge >= 0.3 is 0 Å². The first-order valence-corrected chi connectivity index (χ1v) is 7.90. The van der Waals surface area contributed by atoms with Crippen LogP contribution in [0.25, 0.3) is 0 Å². The zero-order chi connectivity index (χ0) is 12.8. The van der Waals surface area contributed by atoms with Gasteiger partial charge in [-0.25, -0.2) is 0 Å². The molecule has 2 nitrogen and oxygen atoms in total. The van der Waals surface area contributed by atoms with Crippen LogP contribution < -0.4 is 0 Å². The monoisotopic (exact) mass is 265 g/mol. The molecule has 1 aromatic rings. The normalized spacial score (nSPS) is 31.5. The Hall–Kier alpha value is -0.380. The number of aliphatic hydroxyl groups is 1. The van der Waals surface area contributed by atoms with Gasteiger partial charge in [0.05, 0.1) is 6.10 Å². The van der Waals surface area contributed by atoms with Crippen molar-refractivity contribution in [3.8, 4) is 0 Å². The van der Waals surface area contributed by atoms with Crippen LogP contribution in [0.15, 0.2) is 11.4 Å². The summed E-state index contributed by atoms with van der Waals surface area (Å²) in [6.07, 6.45) is 3.41. The summed E-state index contributed by atoms with van der Waals surface area (Å²) in [6.45, 7) is 7.72. The van der Waals surface area contributed by atoms with Gasteiger partial charge in [-0.05, 0) is 47.6 Å². The van der Waals surface area contributed by atoms with E-state index in [-0.39, 0.29) is 11.5 Å². The summed E-state index contributed by atoms with van der Waals surface area (Å²) in [4.78, 5) is 4.10. The van der Waals surface area contributed by atoms with E-state index in [1.54, 1.807) is 4.88 Å². The molecule has 0 saturated heterocycles. The number of hydrogen-bond acceptors (Lipinski definition) is 3. The van der Waals surface area contributed by atoms with E-state index in [9.17, 15) is 5.11 Å². The van der Waals surface area contributed by atoms with Gasteiger partial charge in [0.25, 0.3) is 0 Å². The molecule has 0 amide bonds. The molecule has 1 fully saturated rings. The zero-order valence-electron chi connectivity index (χ0n) is 11.4. The lowest BCUT2D eigenvalue weighted by atomic mass is 9.87. The summed E-state index contributed by atoms with van der Waals surface area (Å²) in [5.74, 6) is 0.472. The highest BCUT2D eigenvalue weighted by atomic mass is 32.1. The molecule has 2 heterocycles. The van der Waals surface area contributed by atoms with E-state index in [1.807, 2.05) is 11.3 Å². The average Bonchev–Trinajstić information content (AvgIpc) is 2.89. The molecule has 1 aliphatic heterocycles. The van der Waals surface area contributed by atoms with Crippen molar-refractivity contribution in [3.63, 3.8) is 0 Å². The fourth-order valence-corrected chi connectivity index (χ4v) is 4.38. The molecule has 2 unspecified atom stereocenters. The Morgan fingerprint density at radius 1 is 1.50 bits per heavy atom. The largest absolute Gasteiger partial charge is 0.392 e. The second kappa shape index (κ2) is 4.62. The quantitative estimate of drug-likeness (QED) is 0.889. The van der Waals surface area contributed by atoms with Gasteiger partial charge in [0, 0.05) is 24.5 Å². The summed E-state index contributed by atoms with van der Waals surface area (Å²) < 4.78 is 0. The van der Waals surface area contributed by atoms with Crippen molar-refractivity contribution >= 4 is 11.3 Å². The fourth-order valence-electron chi connectivity index (χ4n) is 3.49. The average molecular weight is 265 g/mol. The Morgan fingerprint density at radius 2 is 2.33 bits per heavy atom. The highest BCUT2D eigenvalue weighted by molar-refractivity contribution is 7.10. The maximum Gasteiger partial charge on any atom is 0.0631 e. The zero-order valence-corrected chi connectivity index (χ0v) is 12.2. The Morgan fingerprint density at radius 3 is 3.06 bits per heavy atom. The lowest BCUT2D eigenvalue weighted by Crippen LogP contribution is -2.38.